The van der Waals surface area contributed by atoms with Crippen molar-refractivity contribution in [1.82, 2.24) is 25.2 Å². The van der Waals surface area contributed by atoms with Gasteiger partial charge in [0, 0.05) is 17.9 Å². The summed E-state index contributed by atoms with van der Waals surface area (Å²) in [6, 6.07) is -1.08. The fraction of sp³-hybridized carbons (Fsp3) is 0.545. The average molecular weight is 756 g/mol. The highest BCUT2D eigenvalue weighted by molar-refractivity contribution is 7.91. The fourth-order valence-corrected chi connectivity index (χ4v) is 8.13. The molecule has 1 aromatic carbocycles. The Kier molecular flexibility index (Phi) is 10.0. The third-order valence-corrected chi connectivity index (χ3v) is 11.6. The number of halogens is 4. The molecule has 0 radical (unpaired) electrons. The first-order valence-corrected chi connectivity index (χ1v) is 18.3. The number of cyclic esters (lactones) is 1. The number of carbonyl (C=O) groups excluding carboxylic acids is 5. The molecule has 1 aromatic rings. The molecule has 52 heavy (non-hydrogen) atoms. The van der Waals surface area contributed by atoms with Crippen molar-refractivity contribution >= 4 is 46.0 Å². The van der Waals surface area contributed by atoms with E-state index in [1.807, 2.05) is 10.0 Å². The Balaban J connectivity index is 1.28. The molecule has 5 atom stereocenters. The smallest absolute Gasteiger partial charge is 0.410 e. The second-order valence-corrected chi connectivity index (χ2v) is 15.5. The van der Waals surface area contributed by atoms with E-state index in [0.717, 1.165) is 4.90 Å². The summed E-state index contributed by atoms with van der Waals surface area (Å²) in [5, 5.41) is 3.66. The first-order chi connectivity index (χ1) is 24.5. The summed E-state index contributed by atoms with van der Waals surface area (Å²) in [6.07, 6.45) is -4.72. The monoisotopic (exact) mass is 755 g/mol. The highest BCUT2D eigenvalue weighted by Gasteiger charge is 2.62. The lowest BCUT2D eigenvalue weighted by molar-refractivity contribution is -0.155. The normalized spacial score (nSPS) is 28.7. The van der Waals surface area contributed by atoms with Crippen LogP contribution in [-0.4, -0.2) is 96.4 Å². The molecule has 19 heteroatoms. The minimum absolute atomic E-state index is 0.0373. The zero-order valence-electron chi connectivity index (χ0n) is 27.7. The first-order valence-electron chi connectivity index (χ1n) is 16.7. The third kappa shape index (κ3) is 7.88. The molecule has 6 rings (SSSR count). The molecular weight excluding hydrogens is 718 g/mol. The molecule has 3 heterocycles. The number of carbonyl (C=O) groups is 5. The van der Waals surface area contributed by atoms with Crippen LogP contribution in [0.4, 0.5) is 27.2 Å². The molecule has 3 N–H and O–H groups in total. The number of benzene rings is 1. The number of nitrogens with zero attached hydrogens (tertiary/aromatic N) is 2. The molecule has 4 bridgehead atoms. The maximum atomic E-state index is 14.8. The number of fused-ring (bicyclic) bond motifs is 3. The van der Waals surface area contributed by atoms with Crippen LogP contribution in [0, 0.1) is 11.7 Å². The second-order valence-electron chi connectivity index (χ2n) is 13.6. The Bertz CT molecular complexity index is 1820. The molecule has 14 nitrogen and oxygen atoms in total. The molecule has 3 aliphatic heterocycles. The molecule has 0 aromatic heterocycles. The van der Waals surface area contributed by atoms with E-state index in [9.17, 15) is 50.0 Å². The van der Waals surface area contributed by atoms with Crippen molar-refractivity contribution in [3.05, 3.63) is 53.4 Å². The summed E-state index contributed by atoms with van der Waals surface area (Å²) >= 11 is 0. The SMILES string of the molecule is C=C[C@H]1C[C@]1(NC(=O)[C@@H]1C[C@@H]2CN1C(=O)[C@H](CC(F)(F)F)NC(=O)OCCC/C=C/c1ccc(F)c3c1CN(C3)C(=O)O2)C(=O)NS(=O)(=O)C1CC1. The second kappa shape index (κ2) is 14.0. The van der Waals surface area contributed by atoms with Gasteiger partial charge in [-0.3, -0.25) is 24.0 Å². The van der Waals surface area contributed by atoms with Gasteiger partial charge in [0.1, 0.15) is 29.5 Å². The Morgan fingerprint density at radius 3 is 2.54 bits per heavy atom. The zero-order chi connectivity index (χ0) is 37.6. The van der Waals surface area contributed by atoms with Crippen LogP contribution in [0.25, 0.3) is 6.08 Å². The van der Waals surface area contributed by atoms with Gasteiger partial charge >= 0.3 is 18.4 Å². The minimum Gasteiger partial charge on any atom is -0.450 e. The number of ether oxygens (including phenoxy) is 2. The predicted octanol–water partition coefficient (Wildman–Crippen LogP) is 2.77. The highest BCUT2D eigenvalue weighted by atomic mass is 32.2. The number of alkyl halides is 3. The van der Waals surface area contributed by atoms with Gasteiger partial charge in [-0.15, -0.1) is 6.58 Å². The summed E-state index contributed by atoms with van der Waals surface area (Å²) in [5.74, 6) is -4.70. The molecular formula is C33H37F4N5O9S. The van der Waals surface area contributed by atoms with Gasteiger partial charge in [-0.05, 0) is 49.3 Å². The van der Waals surface area contributed by atoms with Gasteiger partial charge in [0.05, 0.1) is 37.9 Å². The molecule has 0 unspecified atom stereocenters. The fourth-order valence-electron chi connectivity index (χ4n) is 6.77. The van der Waals surface area contributed by atoms with Crippen molar-refractivity contribution in [2.24, 2.45) is 5.92 Å². The summed E-state index contributed by atoms with van der Waals surface area (Å²) in [5.41, 5.74) is -0.364. The molecule has 282 valence electrons. The van der Waals surface area contributed by atoms with E-state index in [0.29, 0.717) is 30.4 Å². The van der Waals surface area contributed by atoms with Crippen LogP contribution in [0.2, 0.25) is 0 Å². The molecule has 0 spiro atoms. The number of rotatable bonds is 7. The van der Waals surface area contributed by atoms with Crippen molar-refractivity contribution in [1.29, 1.82) is 0 Å². The lowest BCUT2D eigenvalue weighted by Gasteiger charge is -2.30. The maximum absolute atomic E-state index is 14.8. The van der Waals surface area contributed by atoms with E-state index < -0.39 is 106 Å². The Morgan fingerprint density at radius 1 is 1.13 bits per heavy atom. The van der Waals surface area contributed by atoms with Gasteiger partial charge < -0.3 is 25.0 Å². The van der Waals surface area contributed by atoms with Crippen LogP contribution in [0.15, 0.2) is 30.9 Å². The summed E-state index contributed by atoms with van der Waals surface area (Å²) in [7, 11) is -4.04. The van der Waals surface area contributed by atoms with Crippen molar-refractivity contribution in [3.63, 3.8) is 0 Å². The van der Waals surface area contributed by atoms with Gasteiger partial charge in [-0.25, -0.2) is 22.4 Å². The molecule has 3 fully saturated rings. The summed E-state index contributed by atoms with van der Waals surface area (Å²) in [6.45, 7) is 2.63. The first kappa shape index (κ1) is 37.1. The molecule has 2 aliphatic carbocycles. The van der Waals surface area contributed by atoms with E-state index in [1.54, 1.807) is 18.2 Å². The van der Waals surface area contributed by atoms with E-state index in [2.05, 4.69) is 11.9 Å². The highest BCUT2D eigenvalue weighted by Crippen LogP contribution is 2.45. The number of alkyl carbamates (subject to hydrolysis) is 1. The van der Waals surface area contributed by atoms with Crippen LogP contribution in [0.3, 0.4) is 0 Å². The summed E-state index contributed by atoms with van der Waals surface area (Å²) in [4.78, 5) is 68.9. The lowest BCUT2D eigenvalue weighted by atomic mass is 10.0. The zero-order valence-corrected chi connectivity index (χ0v) is 28.6. The predicted molar refractivity (Wildman–Crippen MR) is 173 cm³/mol. The third-order valence-electron chi connectivity index (χ3n) is 9.80. The van der Waals surface area contributed by atoms with E-state index >= 15 is 0 Å². The number of nitrogens with one attached hydrogen (secondary N) is 3. The number of amides is 5. The average Bonchev–Trinajstić information content (AvgIpc) is 3.96. The Hall–Kier alpha value is -4.68. The van der Waals surface area contributed by atoms with Crippen molar-refractivity contribution in [2.45, 2.75) is 93.2 Å². The van der Waals surface area contributed by atoms with Crippen LogP contribution in [-0.2, 0) is 47.0 Å². The maximum Gasteiger partial charge on any atom is 0.410 e. The standard InChI is InChI=1S/C33H37F4N5O9S/c1-2-19-13-32(19,29(45)40-52(48,49)21-8-9-21)39-27(43)26-12-20-15-42(26)28(44)25(14-33(35,36)37)38-30(46)50-11-5-3-4-6-18-7-10-24(34)23-17-41(16-22(18)23)31(47)51-20/h2,4,6-7,10,19-21,25-26H,1,3,5,8-9,11-17H2,(H,38,46)(H,39,43)(H,40,45)/b6-4+/t19-,20+,25-,26-,32+/m0/s1. The van der Waals surface area contributed by atoms with Gasteiger partial charge in [0.2, 0.25) is 21.8 Å². The van der Waals surface area contributed by atoms with Gasteiger partial charge in [-0.2, -0.15) is 13.2 Å². The topological polar surface area (TPSA) is 181 Å². The number of hydrogen-bond acceptors (Lipinski definition) is 9. The Labute approximate surface area is 296 Å². The van der Waals surface area contributed by atoms with Crippen molar-refractivity contribution in [3.8, 4) is 0 Å². The van der Waals surface area contributed by atoms with Crippen molar-refractivity contribution < 1.29 is 59.4 Å². The lowest BCUT2D eigenvalue weighted by Crippen LogP contribution is -2.58. The van der Waals surface area contributed by atoms with Crippen LogP contribution in [0.1, 0.15) is 61.6 Å². The molecule has 2 saturated carbocycles. The van der Waals surface area contributed by atoms with Gasteiger partial charge in [-0.1, -0.05) is 24.3 Å². The van der Waals surface area contributed by atoms with Gasteiger partial charge in [0.15, 0.2) is 0 Å². The Morgan fingerprint density at radius 2 is 1.87 bits per heavy atom. The van der Waals surface area contributed by atoms with E-state index in [1.165, 1.54) is 17.0 Å². The number of sulfonamides is 1. The molecule has 5 amide bonds. The summed E-state index contributed by atoms with van der Waals surface area (Å²) < 4.78 is 93.8. The number of allylic oxidation sites excluding steroid dienone is 1. The van der Waals surface area contributed by atoms with Crippen molar-refractivity contribution in [2.75, 3.05) is 13.2 Å². The van der Waals surface area contributed by atoms with E-state index in [4.69, 9.17) is 9.47 Å². The molecule has 1 saturated heterocycles. The van der Waals surface area contributed by atoms with Crippen LogP contribution < -0.4 is 15.4 Å². The molecule has 5 aliphatic rings. The van der Waals surface area contributed by atoms with E-state index in [-0.39, 0.29) is 38.1 Å². The minimum atomic E-state index is -4.96. The van der Waals surface area contributed by atoms with Gasteiger partial charge in [0.25, 0.3) is 5.91 Å². The largest absolute Gasteiger partial charge is 0.450 e. The van der Waals surface area contributed by atoms with Crippen LogP contribution >= 0.6 is 0 Å². The quantitative estimate of drug-likeness (QED) is 0.279. The number of hydrogen-bond donors (Lipinski definition) is 3. The van der Waals surface area contributed by atoms with Crippen LogP contribution in [0.5, 0.6) is 0 Å².